The maximum atomic E-state index is 6.38. The average Bonchev–Trinajstić information content (AvgIpc) is 3.67. The lowest BCUT2D eigenvalue weighted by Crippen LogP contribution is -2.10. The SMILES string of the molecule is c1ccc2c(c1)oc1cccc(N(c3ccc4c(c3)sc3ccccc34)c3ccc4c5ccccc5c5ccccc5c4c3)c12. The van der Waals surface area contributed by atoms with E-state index in [0.717, 1.165) is 39.0 Å². The molecule has 210 valence electrons. The second-order valence-electron chi connectivity index (χ2n) is 11.7. The van der Waals surface area contributed by atoms with Gasteiger partial charge in [-0.05, 0) is 80.8 Å². The molecule has 0 saturated carbocycles. The van der Waals surface area contributed by atoms with Crippen molar-refractivity contribution in [3.63, 3.8) is 0 Å². The molecule has 0 amide bonds. The van der Waals surface area contributed by atoms with Crippen LogP contribution in [0.5, 0.6) is 0 Å². The van der Waals surface area contributed by atoms with Gasteiger partial charge in [0.1, 0.15) is 11.2 Å². The molecule has 10 aromatic rings. The molecule has 10 rings (SSSR count). The Labute approximate surface area is 263 Å². The maximum absolute atomic E-state index is 6.38. The average molecular weight is 592 g/mol. The molecule has 2 heterocycles. The van der Waals surface area contributed by atoms with E-state index >= 15 is 0 Å². The molecule has 0 unspecified atom stereocenters. The van der Waals surface area contributed by atoms with Crippen molar-refractivity contribution in [2.45, 2.75) is 0 Å². The number of hydrogen-bond donors (Lipinski definition) is 0. The van der Waals surface area contributed by atoms with E-state index in [0.29, 0.717) is 0 Å². The Morgan fingerprint density at radius 3 is 1.67 bits per heavy atom. The van der Waals surface area contributed by atoms with Gasteiger partial charge in [0.05, 0.1) is 11.1 Å². The van der Waals surface area contributed by atoms with E-state index in [2.05, 4.69) is 150 Å². The first-order chi connectivity index (χ1) is 22.3. The number of furan rings is 1. The molecular formula is C42H25NOS. The molecule has 0 radical (unpaired) electrons. The number of rotatable bonds is 3. The summed E-state index contributed by atoms with van der Waals surface area (Å²) in [6.07, 6.45) is 0. The van der Waals surface area contributed by atoms with Crippen molar-refractivity contribution in [1.82, 2.24) is 0 Å². The molecule has 0 aliphatic heterocycles. The van der Waals surface area contributed by atoms with Gasteiger partial charge < -0.3 is 9.32 Å². The van der Waals surface area contributed by atoms with Gasteiger partial charge in [-0.3, -0.25) is 0 Å². The predicted octanol–water partition coefficient (Wildman–Crippen LogP) is 12.9. The Balaban J connectivity index is 1.31. The minimum atomic E-state index is 0.888. The van der Waals surface area contributed by atoms with Crippen LogP contribution in [0.2, 0.25) is 0 Å². The zero-order chi connectivity index (χ0) is 29.5. The highest BCUT2D eigenvalue weighted by Crippen LogP contribution is 2.46. The molecule has 0 bridgehead atoms. The summed E-state index contributed by atoms with van der Waals surface area (Å²) in [6, 6.07) is 54.9. The van der Waals surface area contributed by atoms with Crippen molar-refractivity contribution >= 4 is 103 Å². The van der Waals surface area contributed by atoms with E-state index in [9.17, 15) is 0 Å². The van der Waals surface area contributed by atoms with Gasteiger partial charge in [-0.15, -0.1) is 11.3 Å². The normalized spacial score (nSPS) is 12.0. The summed E-state index contributed by atoms with van der Waals surface area (Å²) in [5.41, 5.74) is 5.12. The van der Waals surface area contributed by atoms with Crippen molar-refractivity contribution in [3.05, 3.63) is 152 Å². The second kappa shape index (κ2) is 9.43. The monoisotopic (exact) mass is 591 g/mol. The van der Waals surface area contributed by atoms with Crippen LogP contribution in [0.15, 0.2) is 156 Å². The van der Waals surface area contributed by atoms with Gasteiger partial charge in [-0.2, -0.15) is 0 Å². The summed E-state index contributed by atoms with van der Waals surface area (Å²) < 4.78 is 8.96. The quantitative estimate of drug-likeness (QED) is 0.190. The van der Waals surface area contributed by atoms with Crippen molar-refractivity contribution in [3.8, 4) is 0 Å². The lowest BCUT2D eigenvalue weighted by molar-refractivity contribution is 0.669. The van der Waals surface area contributed by atoms with Gasteiger partial charge >= 0.3 is 0 Å². The van der Waals surface area contributed by atoms with E-state index in [1.807, 2.05) is 17.4 Å². The van der Waals surface area contributed by atoms with E-state index in [4.69, 9.17) is 4.42 Å². The van der Waals surface area contributed by atoms with Crippen LogP contribution in [-0.2, 0) is 0 Å². The third-order valence-electron chi connectivity index (χ3n) is 9.23. The summed E-state index contributed by atoms with van der Waals surface area (Å²) in [7, 11) is 0. The minimum Gasteiger partial charge on any atom is -0.456 e. The highest BCUT2D eigenvalue weighted by atomic mass is 32.1. The molecular weight excluding hydrogens is 567 g/mol. The van der Waals surface area contributed by atoms with Crippen LogP contribution in [0.25, 0.3) is 74.4 Å². The fourth-order valence-electron chi connectivity index (χ4n) is 7.26. The highest BCUT2D eigenvalue weighted by molar-refractivity contribution is 7.25. The van der Waals surface area contributed by atoms with Crippen molar-refractivity contribution in [2.75, 3.05) is 4.90 Å². The van der Waals surface area contributed by atoms with Crippen LogP contribution < -0.4 is 4.90 Å². The summed E-state index contributed by atoms with van der Waals surface area (Å²) in [4.78, 5) is 2.41. The fraction of sp³-hybridized carbons (Fsp3) is 0. The van der Waals surface area contributed by atoms with Crippen LogP contribution >= 0.6 is 11.3 Å². The van der Waals surface area contributed by atoms with Crippen molar-refractivity contribution < 1.29 is 4.42 Å². The summed E-state index contributed by atoms with van der Waals surface area (Å²) >= 11 is 1.85. The molecule has 0 atom stereocenters. The molecule has 0 aliphatic rings. The smallest absolute Gasteiger partial charge is 0.137 e. The first kappa shape index (κ1) is 24.8. The molecule has 45 heavy (non-hydrogen) atoms. The van der Waals surface area contributed by atoms with Crippen LogP contribution in [0.3, 0.4) is 0 Å². The molecule has 0 fully saturated rings. The van der Waals surface area contributed by atoms with E-state index in [1.165, 1.54) is 52.5 Å². The molecule has 8 aromatic carbocycles. The topological polar surface area (TPSA) is 16.4 Å². The summed E-state index contributed by atoms with van der Waals surface area (Å²) in [6.45, 7) is 0. The van der Waals surface area contributed by atoms with E-state index < -0.39 is 0 Å². The lowest BCUT2D eigenvalue weighted by atomic mass is 9.94. The molecule has 2 nitrogen and oxygen atoms in total. The Kier molecular flexibility index (Phi) is 5.19. The highest BCUT2D eigenvalue weighted by Gasteiger charge is 2.21. The molecule has 0 spiro atoms. The van der Waals surface area contributed by atoms with Crippen molar-refractivity contribution in [1.29, 1.82) is 0 Å². The largest absolute Gasteiger partial charge is 0.456 e. The Morgan fingerprint density at radius 2 is 0.911 bits per heavy atom. The van der Waals surface area contributed by atoms with Gasteiger partial charge in [0, 0.05) is 36.9 Å². The van der Waals surface area contributed by atoms with E-state index in [-0.39, 0.29) is 0 Å². The number of fused-ring (bicyclic) bond motifs is 12. The zero-order valence-corrected chi connectivity index (χ0v) is 25.0. The van der Waals surface area contributed by atoms with Crippen molar-refractivity contribution in [2.24, 2.45) is 0 Å². The number of anilines is 3. The molecule has 0 saturated heterocycles. The zero-order valence-electron chi connectivity index (χ0n) is 24.2. The van der Waals surface area contributed by atoms with Gasteiger partial charge in [0.15, 0.2) is 0 Å². The second-order valence-corrected chi connectivity index (χ2v) is 12.8. The minimum absolute atomic E-state index is 0.888. The molecule has 0 N–H and O–H groups in total. The molecule has 3 heteroatoms. The first-order valence-corrected chi connectivity index (χ1v) is 16.1. The Bertz CT molecular complexity index is 2750. The number of thiophene rings is 1. The number of nitrogens with zero attached hydrogens (tertiary/aromatic N) is 1. The third kappa shape index (κ3) is 3.62. The fourth-order valence-corrected chi connectivity index (χ4v) is 8.40. The standard InChI is InChI=1S/C42H25NOS/c1-2-12-30-28(10-1)29-11-3-4-13-31(29)36-24-26(20-22-32(30)36)43(27-21-23-34-33-14-6-8-19-40(33)45-41(34)25-27)37-16-9-18-39-42(37)35-15-5-7-17-38(35)44-39/h1-25H. The third-order valence-corrected chi connectivity index (χ3v) is 10.4. The lowest BCUT2D eigenvalue weighted by Gasteiger charge is -2.27. The number of para-hydroxylation sites is 1. The van der Waals surface area contributed by atoms with Crippen LogP contribution in [0.1, 0.15) is 0 Å². The van der Waals surface area contributed by atoms with E-state index in [1.54, 1.807) is 0 Å². The Hall–Kier alpha value is -5.64. The maximum Gasteiger partial charge on any atom is 0.137 e. The Morgan fingerprint density at radius 1 is 0.378 bits per heavy atom. The van der Waals surface area contributed by atoms with Gasteiger partial charge in [-0.25, -0.2) is 0 Å². The number of benzene rings is 8. The number of hydrogen-bond acceptors (Lipinski definition) is 3. The first-order valence-electron chi connectivity index (χ1n) is 15.3. The van der Waals surface area contributed by atoms with Crippen LogP contribution in [0, 0.1) is 0 Å². The summed E-state index contributed by atoms with van der Waals surface area (Å²) in [5.74, 6) is 0. The van der Waals surface area contributed by atoms with Gasteiger partial charge in [-0.1, -0.05) is 103 Å². The molecule has 0 aliphatic carbocycles. The van der Waals surface area contributed by atoms with Crippen LogP contribution in [0.4, 0.5) is 17.1 Å². The van der Waals surface area contributed by atoms with Gasteiger partial charge in [0.2, 0.25) is 0 Å². The summed E-state index contributed by atoms with van der Waals surface area (Å²) in [5, 5.41) is 12.5. The van der Waals surface area contributed by atoms with Gasteiger partial charge in [0.25, 0.3) is 0 Å². The molecule has 2 aromatic heterocycles. The van der Waals surface area contributed by atoms with Crippen LogP contribution in [-0.4, -0.2) is 0 Å². The predicted molar refractivity (Wildman–Crippen MR) is 194 cm³/mol.